The number of aliphatic hydroxyl groups excluding tert-OH is 1. The number of carboxylic acids is 1. The summed E-state index contributed by atoms with van der Waals surface area (Å²) in [4.78, 5) is 45.8. The van der Waals surface area contributed by atoms with Gasteiger partial charge in [-0.25, -0.2) is 9.36 Å². The molecule has 12 heteroatoms. The molecule has 11 nitrogen and oxygen atoms in total. The number of aliphatic carboxylic acids is 1. The van der Waals surface area contributed by atoms with Crippen molar-refractivity contribution in [2.45, 2.75) is 142 Å². The fourth-order valence-electron chi connectivity index (χ4n) is 4.81. The topological polar surface area (TPSA) is 169 Å². The zero-order valence-electron chi connectivity index (χ0n) is 35.0. The molecule has 4 N–H and O–H groups in total. The Kier molecular flexibility index (Phi) is 37.3. The van der Waals surface area contributed by atoms with Gasteiger partial charge in [-0.3, -0.25) is 18.6 Å². The Balaban J connectivity index is 4.11. The van der Waals surface area contributed by atoms with Crippen LogP contribution >= 0.6 is 7.82 Å². The SMILES string of the molecule is CC/C=C\C/C=C\C/C=C\C/C=C\C/C=C\CCCC(=O)OCC(O)COP(=O)(O)OCC(NC(=O)CCC/C=C\C/C=C\C/C=C\C/C=C\CCCCC)C(=O)O. The van der Waals surface area contributed by atoms with E-state index in [4.69, 9.17) is 13.8 Å². The monoisotopic (exact) mass is 829 g/mol. The number of nitrogens with one attached hydrogen (secondary N) is 1. The van der Waals surface area contributed by atoms with Gasteiger partial charge in [0.1, 0.15) is 12.7 Å². The summed E-state index contributed by atoms with van der Waals surface area (Å²) in [6.45, 7) is 2.32. The summed E-state index contributed by atoms with van der Waals surface area (Å²) in [5, 5.41) is 21.7. The van der Waals surface area contributed by atoms with Crippen LogP contribution in [0.3, 0.4) is 0 Å². The summed E-state index contributed by atoms with van der Waals surface area (Å²) in [5.74, 6) is -2.54. The summed E-state index contributed by atoms with van der Waals surface area (Å²) in [5.41, 5.74) is 0. The van der Waals surface area contributed by atoms with Crippen LogP contribution in [0.4, 0.5) is 0 Å². The van der Waals surface area contributed by atoms with Gasteiger partial charge < -0.3 is 25.2 Å². The third kappa shape index (κ3) is 39.0. The summed E-state index contributed by atoms with van der Waals surface area (Å²) in [6, 6.07) is -1.59. The van der Waals surface area contributed by atoms with Gasteiger partial charge in [-0.1, -0.05) is 136 Å². The Morgan fingerprint density at radius 3 is 1.43 bits per heavy atom. The number of rotatable bonds is 37. The first-order valence-corrected chi connectivity index (χ1v) is 22.4. The molecule has 1 amide bonds. The minimum Gasteiger partial charge on any atom is -0.480 e. The number of hydrogen-bond acceptors (Lipinski definition) is 8. The summed E-state index contributed by atoms with van der Waals surface area (Å²) >= 11 is 0. The van der Waals surface area contributed by atoms with Crippen LogP contribution in [0.25, 0.3) is 0 Å². The summed E-state index contributed by atoms with van der Waals surface area (Å²) < 4.78 is 26.7. The quantitative estimate of drug-likeness (QED) is 0.0205. The molecular weight excluding hydrogens is 757 g/mol. The van der Waals surface area contributed by atoms with Gasteiger partial charge in [-0.05, 0) is 89.9 Å². The number of phosphoric acid groups is 1. The lowest BCUT2D eigenvalue weighted by Gasteiger charge is -2.18. The second-order valence-electron chi connectivity index (χ2n) is 13.4. The Morgan fingerprint density at radius 1 is 0.569 bits per heavy atom. The number of carbonyl (C=O) groups is 3. The number of amides is 1. The van der Waals surface area contributed by atoms with Crippen LogP contribution < -0.4 is 5.32 Å². The molecule has 3 atom stereocenters. The van der Waals surface area contributed by atoms with E-state index in [0.29, 0.717) is 25.7 Å². The number of carbonyl (C=O) groups excluding carboxylic acids is 2. The van der Waals surface area contributed by atoms with Crippen LogP contribution in [0.5, 0.6) is 0 Å². The molecule has 0 aromatic carbocycles. The van der Waals surface area contributed by atoms with Crippen molar-refractivity contribution >= 4 is 25.7 Å². The maximum Gasteiger partial charge on any atom is 0.472 e. The molecule has 0 saturated heterocycles. The molecule has 0 aliphatic carbocycles. The van der Waals surface area contributed by atoms with Gasteiger partial charge in [0.05, 0.1) is 13.2 Å². The van der Waals surface area contributed by atoms with Crippen molar-refractivity contribution in [2.24, 2.45) is 0 Å². The second kappa shape index (κ2) is 39.9. The van der Waals surface area contributed by atoms with E-state index in [2.05, 4.69) is 104 Å². The second-order valence-corrected chi connectivity index (χ2v) is 14.9. The third-order valence-corrected chi connectivity index (χ3v) is 9.00. The lowest BCUT2D eigenvalue weighted by Crippen LogP contribution is -2.43. The van der Waals surface area contributed by atoms with Crippen molar-refractivity contribution in [3.8, 4) is 0 Å². The van der Waals surface area contributed by atoms with Crippen molar-refractivity contribution in [1.29, 1.82) is 0 Å². The van der Waals surface area contributed by atoms with Gasteiger partial charge in [0.2, 0.25) is 5.91 Å². The molecule has 0 saturated carbocycles. The average Bonchev–Trinajstić information content (AvgIpc) is 3.20. The molecule has 0 aliphatic rings. The van der Waals surface area contributed by atoms with Crippen LogP contribution in [0, 0.1) is 0 Å². The Hall–Kier alpha value is -3.86. The van der Waals surface area contributed by atoms with Gasteiger partial charge in [0.25, 0.3) is 0 Å². The molecule has 0 aliphatic heterocycles. The number of allylic oxidation sites excluding steroid dienone is 18. The highest BCUT2D eigenvalue weighted by Gasteiger charge is 2.28. The lowest BCUT2D eigenvalue weighted by molar-refractivity contribution is -0.147. The van der Waals surface area contributed by atoms with Crippen LogP contribution in [-0.4, -0.2) is 64.9 Å². The Morgan fingerprint density at radius 2 is 0.983 bits per heavy atom. The van der Waals surface area contributed by atoms with Crippen molar-refractivity contribution in [3.63, 3.8) is 0 Å². The molecule has 0 aromatic rings. The molecule has 0 spiro atoms. The van der Waals surface area contributed by atoms with E-state index < -0.39 is 57.6 Å². The maximum atomic E-state index is 12.3. The zero-order chi connectivity index (χ0) is 42.8. The average molecular weight is 830 g/mol. The molecule has 0 heterocycles. The highest BCUT2D eigenvalue weighted by atomic mass is 31.2. The zero-order valence-corrected chi connectivity index (χ0v) is 35.9. The van der Waals surface area contributed by atoms with Crippen molar-refractivity contribution < 1.29 is 47.8 Å². The number of phosphoric ester groups is 1. The van der Waals surface area contributed by atoms with Crippen LogP contribution in [0.15, 0.2) is 109 Å². The van der Waals surface area contributed by atoms with E-state index in [0.717, 1.165) is 57.8 Å². The molecule has 0 aromatic heterocycles. The van der Waals surface area contributed by atoms with Crippen molar-refractivity contribution in [1.82, 2.24) is 5.32 Å². The minimum atomic E-state index is -4.79. The Bertz CT molecular complexity index is 1390. The molecule has 0 rings (SSSR count). The highest BCUT2D eigenvalue weighted by Crippen LogP contribution is 2.43. The largest absolute Gasteiger partial charge is 0.480 e. The molecule has 0 radical (unpaired) electrons. The van der Waals surface area contributed by atoms with Crippen molar-refractivity contribution in [3.05, 3.63) is 109 Å². The summed E-state index contributed by atoms with van der Waals surface area (Å²) in [6.07, 6.45) is 51.3. The molecule has 58 heavy (non-hydrogen) atoms. The highest BCUT2D eigenvalue weighted by molar-refractivity contribution is 7.47. The number of esters is 1. The third-order valence-electron chi connectivity index (χ3n) is 8.05. The molecular formula is C46H72NO10P. The van der Waals surface area contributed by atoms with Gasteiger partial charge in [0, 0.05) is 12.8 Å². The summed E-state index contributed by atoms with van der Waals surface area (Å²) in [7, 11) is -4.79. The lowest BCUT2D eigenvalue weighted by atomic mass is 10.2. The number of carboxylic acid groups (broad SMARTS) is 1. The first-order chi connectivity index (χ1) is 28.1. The first kappa shape index (κ1) is 54.1. The standard InChI is InChI=1S/C46H72NO10P/c1-3-5-7-9-11-13-15-17-19-21-23-25-27-29-31-33-35-37-44(49)47-43(46(51)52)41-57-58(53,54)56-40-42(48)39-55-45(50)38-36-34-32-30-28-26-24-22-20-18-16-14-12-10-8-6-4-2/h6,8,11-14,17-20,23-26,29-32,42-43,48H,3-5,7,9-10,15-16,21-22,27-28,33-41H2,1-2H3,(H,47,49)(H,51,52)(H,53,54)/b8-6-,13-11-,14-12-,19-17-,20-18-,25-23-,26-24-,31-29-,32-30-. The number of hydrogen-bond donors (Lipinski definition) is 4. The Labute approximate surface area is 348 Å². The predicted octanol–water partition coefficient (Wildman–Crippen LogP) is 10.7. The molecule has 0 fully saturated rings. The molecule has 3 unspecified atom stereocenters. The van der Waals surface area contributed by atoms with Gasteiger partial charge in [-0.2, -0.15) is 0 Å². The van der Waals surface area contributed by atoms with Crippen LogP contribution in [0.1, 0.15) is 129 Å². The fraction of sp³-hybridized carbons (Fsp3) is 0.543. The maximum absolute atomic E-state index is 12.3. The van der Waals surface area contributed by atoms with Crippen molar-refractivity contribution in [2.75, 3.05) is 19.8 Å². The van der Waals surface area contributed by atoms with Gasteiger partial charge in [0.15, 0.2) is 6.04 Å². The number of aliphatic hydroxyl groups is 1. The van der Waals surface area contributed by atoms with E-state index in [-0.39, 0.29) is 12.8 Å². The fourth-order valence-corrected chi connectivity index (χ4v) is 5.58. The molecule has 326 valence electrons. The normalized spacial score (nSPS) is 14.8. The van der Waals surface area contributed by atoms with E-state index in [1.165, 1.54) is 19.3 Å². The minimum absolute atomic E-state index is 0.0589. The molecule has 0 bridgehead atoms. The van der Waals surface area contributed by atoms with E-state index in [1.54, 1.807) is 0 Å². The number of ether oxygens (including phenoxy) is 1. The van der Waals surface area contributed by atoms with E-state index in [1.807, 2.05) is 24.3 Å². The van der Waals surface area contributed by atoms with Gasteiger partial charge in [-0.15, -0.1) is 0 Å². The van der Waals surface area contributed by atoms with E-state index in [9.17, 15) is 34.1 Å². The predicted molar refractivity (Wildman–Crippen MR) is 235 cm³/mol. The van der Waals surface area contributed by atoms with Gasteiger partial charge >= 0.3 is 19.8 Å². The first-order valence-electron chi connectivity index (χ1n) is 20.9. The van der Waals surface area contributed by atoms with E-state index >= 15 is 0 Å². The van der Waals surface area contributed by atoms with Crippen LogP contribution in [-0.2, 0) is 32.7 Å². The number of unbranched alkanes of at least 4 members (excludes halogenated alkanes) is 5. The van der Waals surface area contributed by atoms with Crippen LogP contribution in [0.2, 0.25) is 0 Å². The smallest absolute Gasteiger partial charge is 0.472 e.